The maximum atomic E-state index is 10.1. The summed E-state index contributed by atoms with van der Waals surface area (Å²) in [4.78, 5) is 13.9. The summed E-state index contributed by atoms with van der Waals surface area (Å²) in [6.45, 7) is 0. The highest BCUT2D eigenvalue weighted by atomic mass is 35.5. The molecule has 0 aromatic carbocycles. The molecule has 0 aliphatic heterocycles. The Balaban J connectivity index is 2.67. The Hall–Kier alpha value is -0.610. The number of hydrogen-bond donors (Lipinski definition) is 1. The summed E-state index contributed by atoms with van der Waals surface area (Å²) < 4.78 is 0.524. The molecular weight excluding hydrogens is 174 g/mol. The van der Waals surface area contributed by atoms with E-state index in [0.717, 1.165) is 0 Å². The van der Waals surface area contributed by atoms with Crippen LogP contribution < -0.4 is 0 Å². The van der Waals surface area contributed by atoms with E-state index in [-0.39, 0.29) is 6.42 Å². The summed E-state index contributed by atoms with van der Waals surface area (Å²) in [5.74, 6) is -0.883. The average molecular weight is 178 g/mol. The fourth-order valence-electron chi connectivity index (χ4n) is 0.499. The first kappa shape index (κ1) is 7.50. The number of rotatable bonds is 2. The molecule has 0 saturated carbocycles. The third-order valence-electron chi connectivity index (χ3n) is 0.828. The Labute approximate surface area is 66.3 Å². The predicted molar refractivity (Wildman–Crippen MR) is 38.5 cm³/mol. The van der Waals surface area contributed by atoms with Crippen molar-refractivity contribution < 1.29 is 9.90 Å². The van der Waals surface area contributed by atoms with E-state index in [2.05, 4.69) is 4.98 Å². The number of carboxylic acids is 1. The van der Waals surface area contributed by atoms with Crippen molar-refractivity contribution in [3.8, 4) is 0 Å². The number of thiazole rings is 1. The van der Waals surface area contributed by atoms with Crippen LogP contribution >= 0.6 is 22.9 Å². The summed E-state index contributed by atoms with van der Waals surface area (Å²) in [6, 6.07) is 0. The number of hydrogen-bond acceptors (Lipinski definition) is 3. The van der Waals surface area contributed by atoms with Gasteiger partial charge < -0.3 is 5.11 Å². The molecule has 0 unspecified atom stereocenters. The van der Waals surface area contributed by atoms with Crippen molar-refractivity contribution in [2.75, 3.05) is 0 Å². The molecule has 1 aromatic heterocycles. The van der Waals surface area contributed by atoms with Crippen LogP contribution in [0.25, 0.3) is 0 Å². The molecule has 0 bridgehead atoms. The van der Waals surface area contributed by atoms with E-state index in [9.17, 15) is 4.79 Å². The number of carbonyl (C=O) groups is 1. The molecule has 1 heterocycles. The minimum Gasteiger partial charge on any atom is -0.481 e. The SMILES string of the molecule is O=C(O)Cc1ncc(Cl)s1. The normalized spacial score (nSPS) is 9.70. The van der Waals surface area contributed by atoms with Gasteiger partial charge in [0.2, 0.25) is 0 Å². The van der Waals surface area contributed by atoms with Crippen molar-refractivity contribution in [1.82, 2.24) is 4.98 Å². The molecule has 5 heteroatoms. The standard InChI is InChI=1S/C5H4ClNO2S/c6-3-2-7-4(10-3)1-5(8)9/h2H,1H2,(H,8,9). The summed E-state index contributed by atoms with van der Waals surface area (Å²) in [7, 11) is 0. The van der Waals surface area contributed by atoms with E-state index >= 15 is 0 Å². The zero-order chi connectivity index (χ0) is 7.56. The number of aromatic nitrogens is 1. The van der Waals surface area contributed by atoms with Crippen molar-refractivity contribution in [3.63, 3.8) is 0 Å². The number of halogens is 1. The minimum atomic E-state index is -0.883. The van der Waals surface area contributed by atoms with E-state index in [4.69, 9.17) is 16.7 Å². The van der Waals surface area contributed by atoms with Gasteiger partial charge in [0.25, 0.3) is 0 Å². The van der Waals surface area contributed by atoms with Gasteiger partial charge in [0.15, 0.2) is 0 Å². The quantitative estimate of drug-likeness (QED) is 0.744. The monoisotopic (exact) mass is 177 g/mol. The fraction of sp³-hybridized carbons (Fsp3) is 0.200. The van der Waals surface area contributed by atoms with E-state index in [1.807, 2.05) is 0 Å². The van der Waals surface area contributed by atoms with Crippen molar-refractivity contribution in [2.24, 2.45) is 0 Å². The fourth-order valence-corrected chi connectivity index (χ4v) is 1.45. The highest BCUT2D eigenvalue weighted by Crippen LogP contribution is 2.18. The van der Waals surface area contributed by atoms with Gasteiger partial charge in [-0.25, -0.2) is 4.98 Å². The van der Waals surface area contributed by atoms with E-state index in [1.165, 1.54) is 17.5 Å². The van der Waals surface area contributed by atoms with Crippen molar-refractivity contribution in [3.05, 3.63) is 15.5 Å². The van der Waals surface area contributed by atoms with Crippen LogP contribution in [0.3, 0.4) is 0 Å². The number of aliphatic carboxylic acids is 1. The number of nitrogens with zero attached hydrogens (tertiary/aromatic N) is 1. The third-order valence-corrected chi connectivity index (χ3v) is 1.94. The molecule has 1 rings (SSSR count). The molecular formula is C5H4ClNO2S. The first-order valence-corrected chi connectivity index (χ1v) is 3.70. The van der Waals surface area contributed by atoms with Gasteiger partial charge in [-0.15, -0.1) is 11.3 Å². The van der Waals surface area contributed by atoms with Crippen molar-refractivity contribution in [2.45, 2.75) is 6.42 Å². The van der Waals surface area contributed by atoms with Crippen LogP contribution in [0.15, 0.2) is 6.20 Å². The zero-order valence-electron chi connectivity index (χ0n) is 4.87. The lowest BCUT2D eigenvalue weighted by Crippen LogP contribution is -1.98. The molecule has 54 valence electrons. The van der Waals surface area contributed by atoms with Crippen LogP contribution in [0.1, 0.15) is 5.01 Å². The molecule has 0 atom stereocenters. The van der Waals surface area contributed by atoms with Gasteiger partial charge in [0, 0.05) is 0 Å². The lowest BCUT2D eigenvalue weighted by atomic mass is 10.5. The van der Waals surface area contributed by atoms with E-state index < -0.39 is 5.97 Å². The Bertz CT molecular complexity index is 248. The molecule has 0 spiro atoms. The first-order chi connectivity index (χ1) is 4.68. The van der Waals surface area contributed by atoms with Gasteiger partial charge in [-0.2, -0.15) is 0 Å². The van der Waals surface area contributed by atoms with Crippen molar-refractivity contribution >= 4 is 28.9 Å². The Kier molecular flexibility index (Phi) is 2.24. The third kappa shape index (κ3) is 1.97. The average Bonchev–Trinajstić information content (AvgIpc) is 2.13. The maximum absolute atomic E-state index is 10.1. The Morgan fingerprint density at radius 3 is 3.00 bits per heavy atom. The summed E-state index contributed by atoms with van der Waals surface area (Å²) >= 11 is 6.70. The van der Waals surface area contributed by atoms with Crippen molar-refractivity contribution in [1.29, 1.82) is 0 Å². The summed E-state index contributed by atoms with van der Waals surface area (Å²) in [5.41, 5.74) is 0. The van der Waals surface area contributed by atoms with Gasteiger partial charge in [-0.3, -0.25) is 4.79 Å². The first-order valence-electron chi connectivity index (χ1n) is 2.50. The molecule has 0 aliphatic rings. The van der Waals surface area contributed by atoms with Gasteiger partial charge in [0.05, 0.1) is 12.6 Å². The molecule has 3 nitrogen and oxygen atoms in total. The van der Waals surface area contributed by atoms with Gasteiger partial charge in [-0.05, 0) is 0 Å². The van der Waals surface area contributed by atoms with Crippen LogP contribution in [0.2, 0.25) is 4.34 Å². The lowest BCUT2D eigenvalue weighted by Gasteiger charge is -1.84. The van der Waals surface area contributed by atoms with Crippen LogP contribution in [0, 0.1) is 0 Å². The van der Waals surface area contributed by atoms with Gasteiger partial charge in [0.1, 0.15) is 9.34 Å². The Morgan fingerprint density at radius 1 is 1.90 bits per heavy atom. The molecule has 1 aromatic rings. The van der Waals surface area contributed by atoms with Gasteiger partial charge in [-0.1, -0.05) is 11.6 Å². The second kappa shape index (κ2) is 2.98. The maximum Gasteiger partial charge on any atom is 0.310 e. The summed E-state index contributed by atoms with van der Waals surface area (Å²) in [6.07, 6.45) is 1.40. The predicted octanol–water partition coefficient (Wildman–Crippen LogP) is 1.42. The molecule has 0 amide bonds. The van der Waals surface area contributed by atoms with Gasteiger partial charge >= 0.3 is 5.97 Å². The van der Waals surface area contributed by atoms with Crippen LogP contribution in [-0.4, -0.2) is 16.1 Å². The topological polar surface area (TPSA) is 50.2 Å². The largest absolute Gasteiger partial charge is 0.481 e. The van der Waals surface area contributed by atoms with Crippen LogP contribution in [0.5, 0.6) is 0 Å². The Morgan fingerprint density at radius 2 is 2.60 bits per heavy atom. The smallest absolute Gasteiger partial charge is 0.310 e. The molecule has 1 N–H and O–H groups in total. The molecule has 0 aliphatic carbocycles. The van der Waals surface area contributed by atoms with E-state index in [1.54, 1.807) is 0 Å². The lowest BCUT2D eigenvalue weighted by molar-refractivity contribution is -0.136. The molecule has 10 heavy (non-hydrogen) atoms. The molecule has 0 saturated heterocycles. The second-order valence-corrected chi connectivity index (χ2v) is 3.38. The van der Waals surface area contributed by atoms with Crippen LogP contribution in [-0.2, 0) is 11.2 Å². The highest BCUT2D eigenvalue weighted by Gasteiger charge is 2.03. The van der Waals surface area contributed by atoms with E-state index in [0.29, 0.717) is 9.34 Å². The molecule has 0 fully saturated rings. The second-order valence-electron chi connectivity index (χ2n) is 1.63. The minimum absolute atomic E-state index is 0.0443. The van der Waals surface area contributed by atoms with Crippen LogP contribution in [0.4, 0.5) is 0 Å². The summed E-state index contributed by atoms with van der Waals surface area (Å²) in [5, 5.41) is 8.84. The highest BCUT2D eigenvalue weighted by molar-refractivity contribution is 7.15. The zero-order valence-corrected chi connectivity index (χ0v) is 6.45. The number of carboxylic acid groups (broad SMARTS) is 1. The molecule has 0 radical (unpaired) electrons.